The molecule has 0 unspecified atom stereocenters. The Balaban J connectivity index is 2.51. The number of hydrogen-bond donors (Lipinski definition) is 2. The van der Waals surface area contributed by atoms with Gasteiger partial charge >= 0.3 is 18.2 Å². The Bertz CT molecular complexity index is 721. The highest BCUT2D eigenvalue weighted by Gasteiger charge is 2.33. The number of benzene rings is 1. The molecule has 0 aliphatic heterocycles. The summed E-state index contributed by atoms with van der Waals surface area (Å²) in [5, 5.41) is 3.95. The number of ether oxygens (including phenoxy) is 1. The van der Waals surface area contributed by atoms with Gasteiger partial charge in [0.2, 0.25) is 0 Å². The molecule has 0 aliphatic carbocycles. The smallest absolute Gasteiger partial charge is 0.417 e. The van der Waals surface area contributed by atoms with Gasteiger partial charge in [-0.1, -0.05) is 31.0 Å². The minimum absolute atomic E-state index is 0.0726. The number of rotatable bonds is 7. The first-order chi connectivity index (χ1) is 12.6. The zero-order chi connectivity index (χ0) is 20.4. The Morgan fingerprint density at radius 2 is 1.96 bits per heavy atom. The fraction of sp³-hybridized carbons (Fsp3) is 0.353. The van der Waals surface area contributed by atoms with E-state index in [0.29, 0.717) is 6.54 Å². The maximum absolute atomic E-state index is 12.8. The van der Waals surface area contributed by atoms with Gasteiger partial charge in [0, 0.05) is 12.6 Å². The first kappa shape index (κ1) is 22.5. The van der Waals surface area contributed by atoms with Crippen molar-refractivity contribution in [2.45, 2.75) is 25.9 Å². The molecule has 0 aliphatic rings. The molecule has 0 fully saturated rings. The van der Waals surface area contributed by atoms with Crippen LogP contribution in [0.4, 0.5) is 18.0 Å². The lowest BCUT2D eigenvalue weighted by Gasteiger charge is -2.09. The third-order valence-corrected chi connectivity index (χ3v) is 3.45. The molecular weight excluding hydrogens is 389 g/mol. The van der Waals surface area contributed by atoms with Crippen LogP contribution in [0.2, 0.25) is 5.02 Å². The Hall–Kier alpha value is -2.55. The van der Waals surface area contributed by atoms with Crippen LogP contribution in [0.15, 0.2) is 24.3 Å². The van der Waals surface area contributed by atoms with E-state index in [0.717, 1.165) is 37.1 Å². The summed E-state index contributed by atoms with van der Waals surface area (Å²) >= 11 is 5.50. The van der Waals surface area contributed by atoms with E-state index in [4.69, 9.17) is 11.6 Å². The molecule has 0 aromatic heterocycles. The van der Waals surface area contributed by atoms with Gasteiger partial charge in [0.25, 0.3) is 5.91 Å². The minimum Gasteiger partial charge on any atom is -0.452 e. The van der Waals surface area contributed by atoms with Crippen molar-refractivity contribution in [2.24, 2.45) is 0 Å². The van der Waals surface area contributed by atoms with E-state index in [9.17, 15) is 27.6 Å². The van der Waals surface area contributed by atoms with Crippen molar-refractivity contribution < 1.29 is 32.3 Å². The molecule has 1 aromatic rings. The van der Waals surface area contributed by atoms with Crippen molar-refractivity contribution in [3.8, 4) is 0 Å². The van der Waals surface area contributed by atoms with Crippen molar-refractivity contribution in [3.05, 3.63) is 40.4 Å². The van der Waals surface area contributed by atoms with E-state index in [2.05, 4.69) is 10.1 Å². The van der Waals surface area contributed by atoms with Gasteiger partial charge in [-0.15, -0.1) is 0 Å². The fourth-order valence-electron chi connectivity index (χ4n) is 1.80. The summed E-state index contributed by atoms with van der Waals surface area (Å²) in [5.74, 6) is -1.79. The summed E-state index contributed by atoms with van der Waals surface area (Å²) in [6.45, 7) is 1.63. The molecule has 0 radical (unpaired) electrons. The number of alkyl halides is 3. The van der Waals surface area contributed by atoms with Crippen molar-refractivity contribution in [1.29, 1.82) is 0 Å². The number of unbranched alkanes of at least 4 members (excludes halogenated alkanes) is 1. The van der Waals surface area contributed by atoms with Gasteiger partial charge in [-0.2, -0.15) is 13.2 Å². The molecule has 2 N–H and O–H groups in total. The van der Waals surface area contributed by atoms with Crippen LogP contribution >= 0.6 is 11.6 Å². The number of amides is 3. The van der Waals surface area contributed by atoms with Crippen LogP contribution in [0.3, 0.4) is 0 Å². The number of nitrogens with one attached hydrogen (secondary N) is 2. The van der Waals surface area contributed by atoms with E-state index in [1.54, 1.807) is 0 Å². The number of urea groups is 1. The minimum atomic E-state index is -4.63. The molecule has 0 bridgehead atoms. The van der Waals surface area contributed by atoms with Gasteiger partial charge in [-0.05, 0) is 30.2 Å². The first-order valence-corrected chi connectivity index (χ1v) is 8.30. The molecule has 148 valence electrons. The Kier molecular flexibility index (Phi) is 8.80. The average molecular weight is 407 g/mol. The number of carbonyl (C=O) groups excluding carboxylic acids is 3. The van der Waals surface area contributed by atoms with Crippen molar-refractivity contribution in [1.82, 2.24) is 10.6 Å². The molecule has 0 heterocycles. The van der Waals surface area contributed by atoms with Gasteiger partial charge in [-0.3, -0.25) is 10.1 Å². The number of esters is 1. The zero-order valence-electron chi connectivity index (χ0n) is 14.4. The number of halogens is 4. The molecule has 0 spiro atoms. The van der Waals surface area contributed by atoms with Gasteiger partial charge in [0.1, 0.15) is 0 Å². The summed E-state index contributed by atoms with van der Waals surface area (Å²) in [4.78, 5) is 34.3. The topological polar surface area (TPSA) is 84.5 Å². The third kappa shape index (κ3) is 8.59. The average Bonchev–Trinajstić information content (AvgIpc) is 2.58. The summed E-state index contributed by atoms with van der Waals surface area (Å²) in [7, 11) is 0. The highest BCUT2D eigenvalue weighted by molar-refractivity contribution is 6.31. The first-order valence-electron chi connectivity index (χ1n) is 7.92. The summed E-state index contributed by atoms with van der Waals surface area (Å²) in [6.07, 6.45) is -1.06. The molecule has 10 heteroatoms. The second-order valence-corrected chi connectivity index (χ2v) is 5.74. The van der Waals surface area contributed by atoms with Crippen LogP contribution in [0, 0.1) is 0 Å². The monoisotopic (exact) mass is 406 g/mol. The van der Waals surface area contributed by atoms with Gasteiger partial charge < -0.3 is 10.1 Å². The Morgan fingerprint density at radius 1 is 1.26 bits per heavy atom. The van der Waals surface area contributed by atoms with Crippen molar-refractivity contribution >= 4 is 35.6 Å². The van der Waals surface area contributed by atoms with Crippen LogP contribution in [0.5, 0.6) is 0 Å². The zero-order valence-corrected chi connectivity index (χ0v) is 15.1. The Morgan fingerprint density at radius 3 is 2.59 bits per heavy atom. The Labute approximate surface area is 158 Å². The van der Waals surface area contributed by atoms with Crippen LogP contribution in [0.1, 0.15) is 30.9 Å². The maximum Gasteiger partial charge on any atom is 0.417 e. The van der Waals surface area contributed by atoms with Crippen LogP contribution in [0.25, 0.3) is 6.08 Å². The molecule has 6 nitrogen and oxygen atoms in total. The van der Waals surface area contributed by atoms with E-state index >= 15 is 0 Å². The lowest BCUT2D eigenvalue weighted by atomic mass is 10.1. The normalized spacial score (nSPS) is 11.3. The standard InChI is InChI=1S/C17H18ClF3N2O4/c1-2-3-8-22-16(26)23-14(24)10-27-15(25)7-5-11-4-6-13(18)12(9-11)17(19,20)21/h4-7,9H,2-3,8,10H2,1H3,(H2,22,23,24,26)/b7-5+. The number of hydrogen-bond acceptors (Lipinski definition) is 4. The molecule has 1 rings (SSSR count). The van der Waals surface area contributed by atoms with Crippen molar-refractivity contribution in [3.63, 3.8) is 0 Å². The molecule has 0 saturated heterocycles. The number of imide groups is 1. The van der Waals surface area contributed by atoms with Gasteiger partial charge in [-0.25, -0.2) is 9.59 Å². The molecule has 0 saturated carbocycles. The van der Waals surface area contributed by atoms with Crippen LogP contribution in [-0.2, 0) is 20.5 Å². The van der Waals surface area contributed by atoms with Gasteiger partial charge in [0.05, 0.1) is 10.6 Å². The van der Waals surface area contributed by atoms with Crippen LogP contribution in [-0.4, -0.2) is 31.1 Å². The molecular formula is C17H18ClF3N2O4. The lowest BCUT2D eigenvalue weighted by molar-refractivity contribution is -0.143. The van der Waals surface area contributed by atoms with Crippen LogP contribution < -0.4 is 10.6 Å². The molecule has 27 heavy (non-hydrogen) atoms. The number of carbonyl (C=O) groups is 3. The fourth-order valence-corrected chi connectivity index (χ4v) is 2.02. The van der Waals surface area contributed by atoms with E-state index in [1.807, 2.05) is 12.2 Å². The van der Waals surface area contributed by atoms with E-state index in [1.165, 1.54) is 6.07 Å². The predicted octanol–water partition coefficient (Wildman–Crippen LogP) is 3.54. The third-order valence-electron chi connectivity index (χ3n) is 3.12. The largest absolute Gasteiger partial charge is 0.452 e. The summed E-state index contributed by atoms with van der Waals surface area (Å²) in [6, 6.07) is 2.41. The maximum atomic E-state index is 12.8. The summed E-state index contributed by atoms with van der Waals surface area (Å²) < 4.78 is 42.9. The summed E-state index contributed by atoms with van der Waals surface area (Å²) in [5.41, 5.74) is -0.962. The highest BCUT2D eigenvalue weighted by atomic mass is 35.5. The SMILES string of the molecule is CCCCNC(=O)NC(=O)COC(=O)/C=C/c1ccc(Cl)c(C(F)(F)F)c1. The molecule has 0 atom stereocenters. The van der Waals surface area contributed by atoms with Crippen molar-refractivity contribution in [2.75, 3.05) is 13.2 Å². The quantitative estimate of drug-likeness (QED) is 0.412. The van der Waals surface area contributed by atoms with Gasteiger partial charge in [0.15, 0.2) is 6.61 Å². The predicted molar refractivity (Wildman–Crippen MR) is 92.9 cm³/mol. The lowest BCUT2D eigenvalue weighted by Crippen LogP contribution is -2.41. The molecule has 3 amide bonds. The van der Waals surface area contributed by atoms with E-state index in [-0.39, 0.29) is 5.56 Å². The highest BCUT2D eigenvalue weighted by Crippen LogP contribution is 2.35. The second kappa shape index (κ2) is 10.6. The van der Waals surface area contributed by atoms with E-state index < -0.39 is 41.3 Å². The second-order valence-electron chi connectivity index (χ2n) is 5.34. The molecule has 1 aromatic carbocycles.